The van der Waals surface area contributed by atoms with Crippen LogP contribution in [-0.2, 0) is 14.6 Å². The number of hydrogen-bond acceptors (Lipinski definition) is 4. The fourth-order valence-corrected chi connectivity index (χ4v) is 3.21. The van der Waals surface area contributed by atoms with E-state index in [1.165, 1.54) is 12.1 Å². The van der Waals surface area contributed by atoms with Crippen molar-refractivity contribution in [2.75, 3.05) is 6.54 Å². The molecule has 0 spiro atoms. The van der Waals surface area contributed by atoms with Gasteiger partial charge in [-0.05, 0) is 52.0 Å². The molecule has 0 aliphatic heterocycles. The molecule has 3 N–H and O–H groups in total. The molecule has 1 amide bonds. The molecule has 0 aromatic heterocycles. The molecule has 0 fully saturated rings. The average Bonchev–Trinajstić information content (AvgIpc) is 2.35. The second-order valence-electron chi connectivity index (χ2n) is 6.12. The summed E-state index contributed by atoms with van der Waals surface area (Å²) >= 11 is 3.27. The van der Waals surface area contributed by atoms with E-state index in [0.29, 0.717) is 0 Å². The molecule has 0 radical (unpaired) electrons. The molecule has 0 atom stereocenters. The third-order valence-electron chi connectivity index (χ3n) is 3.11. The first-order valence-corrected chi connectivity index (χ1v) is 8.73. The Labute approximate surface area is 134 Å². The van der Waals surface area contributed by atoms with Crippen molar-refractivity contribution in [2.45, 2.75) is 42.9 Å². The minimum Gasteiger partial charge on any atom is -0.353 e. The molecule has 21 heavy (non-hydrogen) atoms. The Hall–Kier alpha value is -0.920. The fraction of sp³-hybridized carbons (Fsp3) is 0.500. The van der Waals surface area contributed by atoms with Crippen molar-refractivity contribution in [3.05, 3.63) is 28.7 Å². The molecule has 0 unspecified atom stereocenters. The van der Waals surface area contributed by atoms with E-state index in [4.69, 9.17) is 5.73 Å². The molecule has 0 saturated heterocycles. The van der Waals surface area contributed by atoms with Gasteiger partial charge in [0.1, 0.15) is 0 Å². The normalized spacial score (nSPS) is 13.0. The summed E-state index contributed by atoms with van der Waals surface area (Å²) in [5.74, 6) is -0.387. The minimum absolute atomic E-state index is 0.00907. The number of nitrogens with two attached hydrogens (primary N) is 1. The highest BCUT2D eigenvalue weighted by atomic mass is 79.9. The monoisotopic (exact) mass is 376 g/mol. The molecule has 1 aromatic carbocycles. The van der Waals surface area contributed by atoms with Gasteiger partial charge >= 0.3 is 0 Å². The van der Waals surface area contributed by atoms with Crippen molar-refractivity contribution >= 4 is 31.7 Å². The summed E-state index contributed by atoms with van der Waals surface area (Å²) < 4.78 is 24.9. The highest BCUT2D eigenvalue weighted by Gasteiger charge is 2.37. The van der Waals surface area contributed by atoms with E-state index < -0.39 is 20.1 Å². The maximum atomic E-state index is 12.6. The van der Waals surface area contributed by atoms with Gasteiger partial charge in [-0.1, -0.05) is 15.9 Å². The molecule has 5 nitrogen and oxygen atoms in total. The second kappa shape index (κ2) is 6.06. The van der Waals surface area contributed by atoms with E-state index in [1.54, 1.807) is 39.8 Å². The zero-order valence-corrected chi connectivity index (χ0v) is 15.0. The van der Waals surface area contributed by atoms with Crippen molar-refractivity contribution < 1.29 is 13.2 Å². The number of carbonyl (C=O) groups excluding carboxylic acids is 1. The number of nitrogens with one attached hydrogen (secondary N) is 1. The number of amides is 1. The van der Waals surface area contributed by atoms with Crippen LogP contribution in [0.1, 0.15) is 27.7 Å². The lowest BCUT2D eigenvalue weighted by atomic mass is 10.1. The van der Waals surface area contributed by atoms with Crippen molar-refractivity contribution in [2.24, 2.45) is 5.73 Å². The largest absolute Gasteiger partial charge is 0.353 e. The van der Waals surface area contributed by atoms with Gasteiger partial charge in [0, 0.05) is 11.0 Å². The summed E-state index contributed by atoms with van der Waals surface area (Å²) in [6.45, 7) is 6.28. The number of carbonyl (C=O) groups is 1. The molecule has 1 rings (SSSR count). The van der Waals surface area contributed by atoms with E-state index in [-0.39, 0.29) is 17.3 Å². The molecule has 0 aliphatic carbocycles. The van der Waals surface area contributed by atoms with Gasteiger partial charge < -0.3 is 11.1 Å². The number of hydrogen-bond donors (Lipinski definition) is 2. The Kier molecular flexibility index (Phi) is 5.23. The second-order valence-corrected chi connectivity index (χ2v) is 9.62. The molecule has 0 bridgehead atoms. The summed E-state index contributed by atoms with van der Waals surface area (Å²) in [6, 6.07) is 6.42. The molecular formula is C14H21BrN2O3S. The molecular weight excluding hydrogens is 356 g/mol. The van der Waals surface area contributed by atoms with E-state index >= 15 is 0 Å². The number of rotatable bonds is 5. The topological polar surface area (TPSA) is 89.3 Å². The maximum Gasteiger partial charge on any atom is 0.239 e. The Morgan fingerprint density at radius 3 is 2.10 bits per heavy atom. The highest BCUT2D eigenvalue weighted by molar-refractivity contribution is 9.10. The highest BCUT2D eigenvalue weighted by Crippen LogP contribution is 2.26. The quantitative estimate of drug-likeness (QED) is 0.820. The van der Waals surface area contributed by atoms with Crippen LogP contribution in [-0.4, -0.2) is 31.2 Å². The van der Waals surface area contributed by atoms with Gasteiger partial charge in [-0.3, -0.25) is 4.79 Å². The van der Waals surface area contributed by atoms with Crippen LogP contribution < -0.4 is 11.1 Å². The Morgan fingerprint density at radius 1 is 1.19 bits per heavy atom. The predicted octanol–water partition coefficient (Wildman–Crippen LogP) is 1.85. The van der Waals surface area contributed by atoms with Crippen LogP contribution in [0.3, 0.4) is 0 Å². The standard InChI is InChI=1S/C14H21BrN2O3S/c1-13(2,9-17-12(18)14(3,4)16)21(19,20)11-7-5-10(15)6-8-11/h5-8H,9,16H2,1-4H3,(H,17,18). The number of sulfone groups is 1. The summed E-state index contributed by atoms with van der Waals surface area (Å²) in [5.41, 5.74) is 4.63. The Balaban J connectivity index is 2.96. The molecule has 7 heteroatoms. The maximum absolute atomic E-state index is 12.6. The van der Waals surface area contributed by atoms with Crippen LogP contribution in [0, 0.1) is 0 Å². The molecule has 0 aliphatic rings. The van der Waals surface area contributed by atoms with Crippen molar-refractivity contribution in [3.8, 4) is 0 Å². The first kappa shape index (κ1) is 18.1. The molecule has 0 saturated carbocycles. The van der Waals surface area contributed by atoms with Crippen LogP contribution >= 0.6 is 15.9 Å². The van der Waals surface area contributed by atoms with Crippen molar-refractivity contribution in [1.82, 2.24) is 5.32 Å². The van der Waals surface area contributed by atoms with Crippen LogP contribution in [0.2, 0.25) is 0 Å². The SMILES string of the molecule is CC(C)(N)C(=O)NCC(C)(C)S(=O)(=O)c1ccc(Br)cc1. The zero-order chi connectivity index (χ0) is 16.5. The van der Waals surface area contributed by atoms with Gasteiger partial charge in [0.2, 0.25) is 5.91 Å². The van der Waals surface area contributed by atoms with E-state index in [1.807, 2.05) is 0 Å². The van der Waals surface area contributed by atoms with Crippen LogP contribution in [0.15, 0.2) is 33.6 Å². The van der Waals surface area contributed by atoms with Crippen molar-refractivity contribution in [3.63, 3.8) is 0 Å². The van der Waals surface area contributed by atoms with Gasteiger partial charge in [0.15, 0.2) is 9.84 Å². The summed E-state index contributed by atoms with van der Waals surface area (Å²) in [7, 11) is -3.57. The first-order valence-electron chi connectivity index (χ1n) is 6.45. The smallest absolute Gasteiger partial charge is 0.239 e. The lowest BCUT2D eigenvalue weighted by Gasteiger charge is -2.27. The third kappa shape index (κ3) is 4.28. The van der Waals surface area contributed by atoms with Gasteiger partial charge in [0.25, 0.3) is 0 Å². The summed E-state index contributed by atoms with van der Waals surface area (Å²) in [6.07, 6.45) is 0. The van der Waals surface area contributed by atoms with Gasteiger partial charge in [-0.15, -0.1) is 0 Å². The third-order valence-corrected chi connectivity index (χ3v) is 6.13. The lowest BCUT2D eigenvalue weighted by molar-refractivity contribution is -0.125. The Bertz CT molecular complexity index is 617. The Morgan fingerprint density at radius 2 is 1.67 bits per heavy atom. The summed E-state index contributed by atoms with van der Waals surface area (Å²) in [5, 5.41) is 2.60. The molecule has 0 heterocycles. The zero-order valence-electron chi connectivity index (χ0n) is 12.6. The fourth-order valence-electron chi connectivity index (χ4n) is 1.55. The van der Waals surface area contributed by atoms with Crippen LogP contribution in [0.5, 0.6) is 0 Å². The molecule has 118 valence electrons. The minimum atomic E-state index is -3.57. The van der Waals surface area contributed by atoms with Crippen LogP contribution in [0.25, 0.3) is 0 Å². The average molecular weight is 377 g/mol. The van der Waals surface area contributed by atoms with Crippen LogP contribution in [0.4, 0.5) is 0 Å². The van der Waals surface area contributed by atoms with E-state index in [2.05, 4.69) is 21.2 Å². The van der Waals surface area contributed by atoms with Gasteiger partial charge in [-0.2, -0.15) is 0 Å². The van der Waals surface area contributed by atoms with E-state index in [9.17, 15) is 13.2 Å². The van der Waals surface area contributed by atoms with Crippen molar-refractivity contribution in [1.29, 1.82) is 0 Å². The van der Waals surface area contributed by atoms with Gasteiger partial charge in [0.05, 0.1) is 15.2 Å². The van der Waals surface area contributed by atoms with Gasteiger partial charge in [-0.25, -0.2) is 8.42 Å². The lowest BCUT2D eigenvalue weighted by Crippen LogP contribution is -2.53. The molecule has 1 aromatic rings. The predicted molar refractivity (Wildman–Crippen MR) is 86.7 cm³/mol. The first-order chi connectivity index (χ1) is 9.38. The number of benzene rings is 1. The summed E-state index contributed by atoms with van der Waals surface area (Å²) in [4.78, 5) is 12.0. The number of halogens is 1. The van der Waals surface area contributed by atoms with E-state index in [0.717, 1.165) is 4.47 Å².